The summed E-state index contributed by atoms with van der Waals surface area (Å²) < 4.78 is 0. The van der Waals surface area contributed by atoms with Crippen molar-refractivity contribution >= 4 is 17.0 Å². The maximum Gasteiger partial charge on any atom is 0.0525 e. The van der Waals surface area contributed by atoms with E-state index in [1.807, 2.05) is 18.4 Å². The van der Waals surface area contributed by atoms with Gasteiger partial charge in [-0.1, -0.05) is 12.1 Å². The molecule has 0 bridgehead atoms. The number of hydrogen-bond donors (Lipinski definition) is 1. The molecule has 100 valence electrons. The van der Waals surface area contributed by atoms with E-state index >= 15 is 0 Å². The molecule has 1 aliphatic rings. The average Bonchev–Trinajstić information content (AvgIpc) is 2.90. The minimum Gasteiger partial charge on any atom is -0.364 e. The number of hydrogen-bond acceptors (Lipinski definition) is 3. The summed E-state index contributed by atoms with van der Waals surface area (Å²) in [6, 6.07) is 11.7. The van der Waals surface area contributed by atoms with Crippen molar-refractivity contribution in [3.8, 4) is 0 Å². The van der Waals surface area contributed by atoms with Crippen LogP contribution in [-0.2, 0) is 13.0 Å². The minimum atomic E-state index is 0.491. The van der Waals surface area contributed by atoms with Crippen molar-refractivity contribution in [2.75, 3.05) is 18.5 Å². The smallest absolute Gasteiger partial charge is 0.0525 e. The summed E-state index contributed by atoms with van der Waals surface area (Å²) in [6.45, 7) is 4.37. The predicted octanol–water partition coefficient (Wildman–Crippen LogP) is 3.59. The van der Waals surface area contributed by atoms with Crippen LogP contribution >= 0.6 is 11.3 Å². The molecule has 3 heteroatoms. The van der Waals surface area contributed by atoms with Gasteiger partial charge in [-0.25, -0.2) is 0 Å². The standard InChI is InChI=1S/C16H20N2S/c1-12-15-8-10-19-16(15)7-9-18(12)14-5-3-13(4-6-14)11-17-2/h3-6,8,10,12,17H,7,9,11H2,1-2H3. The van der Waals surface area contributed by atoms with Gasteiger partial charge in [0.05, 0.1) is 6.04 Å². The van der Waals surface area contributed by atoms with Crippen LogP contribution in [0.1, 0.15) is 29.0 Å². The molecule has 0 spiro atoms. The summed E-state index contributed by atoms with van der Waals surface area (Å²) in [5.74, 6) is 0. The van der Waals surface area contributed by atoms with Crippen molar-refractivity contribution < 1.29 is 0 Å². The lowest BCUT2D eigenvalue weighted by atomic mass is 10.0. The minimum absolute atomic E-state index is 0.491. The maximum atomic E-state index is 3.19. The van der Waals surface area contributed by atoms with E-state index in [9.17, 15) is 0 Å². The summed E-state index contributed by atoms with van der Waals surface area (Å²) in [5.41, 5.74) is 4.19. The van der Waals surface area contributed by atoms with Crippen LogP contribution in [0.3, 0.4) is 0 Å². The second-order valence-corrected chi connectivity index (χ2v) is 6.12. The zero-order chi connectivity index (χ0) is 13.2. The average molecular weight is 272 g/mol. The highest BCUT2D eigenvalue weighted by Gasteiger charge is 2.24. The van der Waals surface area contributed by atoms with Gasteiger partial charge < -0.3 is 10.2 Å². The Hall–Kier alpha value is -1.32. The van der Waals surface area contributed by atoms with Gasteiger partial charge in [0.15, 0.2) is 0 Å². The zero-order valence-corrected chi connectivity index (χ0v) is 12.3. The quantitative estimate of drug-likeness (QED) is 0.918. The molecule has 0 saturated carbocycles. The van der Waals surface area contributed by atoms with Crippen molar-refractivity contribution in [3.05, 3.63) is 51.7 Å². The zero-order valence-electron chi connectivity index (χ0n) is 11.5. The van der Waals surface area contributed by atoms with Crippen LogP contribution < -0.4 is 10.2 Å². The van der Waals surface area contributed by atoms with Gasteiger partial charge >= 0.3 is 0 Å². The van der Waals surface area contributed by atoms with Gasteiger partial charge in [0.25, 0.3) is 0 Å². The normalized spacial score (nSPS) is 18.4. The summed E-state index contributed by atoms with van der Waals surface area (Å²) in [7, 11) is 1.98. The van der Waals surface area contributed by atoms with Crippen LogP contribution in [0.5, 0.6) is 0 Å². The highest BCUT2D eigenvalue weighted by atomic mass is 32.1. The largest absolute Gasteiger partial charge is 0.364 e. The highest BCUT2D eigenvalue weighted by Crippen LogP contribution is 2.35. The van der Waals surface area contributed by atoms with Crippen LogP contribution in [0.15, 0.2) is 35.7 Å². The van der Waals surface area contributed by atoms with Gasteiger partial charge in [0.2, 0.25) is 0 Å². The molecular formula is C16H20N2S. The molecule has 0 amide bonds. The molecule has 1 aliphatic heterocycles. The maximum absolute atomic E-state index is 3.19. The molecule has 1 unspecified atom stereocenters. The number of fused-ring (bicyclic) bond motifs is 1. The fourth-order valence-electron chi connectivity index (χ4n) is 2.87. The number of thiophene rings is 1. The number of anilines is 1. The second-order valence-electron chi connectivity index (χ2n) is 5.12. The Bertz CT molecular complexity index is 544. The SMILES string of the molecule is CNCc1ccc(N2CCc3sccc3C2C)cc1. The summed E-state index contributed by atoms with van der Waals surface area (Å²) in [6.07, 6.45) is 1.18. The molecule has 1 atom stereocenters. The van der Waals surface area contributed by atoms with E-state index in [0.717, 1.165) is 13.1 Å². The van der Waals surface area contributed by atoms with E-state index in [1.165, 1.54) is 23.2 Å². The first kappa shape index (κ1) is 12.7. The van der Waals surface area contributed by atoms with Gasteiger partial charge in [0.1, 0.15) is 0 Å². The van der Waals surface area contributed by atoms with Gasteiger partial charge in [-0.3, -0.25) is 0 Å². The van der Waals surface area contributed by atoms with Crippen LogP contribution in [0.25, 0.3) is 0 Å². The van der Waals surface area contributed by atoms with Gasteiger partial charge in [-0.15, -0.1) is 11.3 Å². The van der Waals surface area contributed by atoms with Gasteiger partial charge in [0, 0.05) is 23.7 Å². The molecule has 2 heterocycles. The number of benzene rings is 1. The van der Waals surface area contributed by atoms with E-state index in [1.54, 1.807) is 4.88 Å². The highest BCUT2D eigenvalue weighted by molar-refractivity contribution is 7.10. The Kier molecular flexibility index (Phi) is 3.58. The lowest BCUT2D eigenvalue weighted by Gasteiger charge is -2.35. The first-order valence-corrected chi connectivity index (χ1v) is 7.74. The summed E-state index contributed by atoms with van der Waals surface area (Å²) in [4.78, 5) is 4.08. The fourth-order valence-corrected chi connectivity index (χ4v) is 3.83. The molecular weight excluding hydrogens is 252 g/mol. The molecule has 0 fully saturated rings. The molecule has 0 aliphatic carbocycles. The predicted molar refractivity (Wildman–Crippen MR) is 83.0 cm³/mol. The molecule has 1 N–H and O–H groups in total. The Morgan fingerprint density at radius 1 is 1.26 bits per heavy atom. The Morgan fingerprint density at radius 3 is 2.79 bits per heavy atom. The fraction of sp³-hybridized carbons (Fsp3) is 0.375. The lowest BCUT2D eigenvalue weighted by molar-refractivity contribution is 0.632. The molecule has 0 radical (unpaired) electrons. The first-order chi connectivity index (χ1) is 9.29. The van der Waals surface area contributed by atoms with Crippen LogP contribution in [0.4, 0.5) is 5.69 Å². The monoisotopic (exact) mass is 272 g/mol. The molecule has 19 heavy (non-hydrogen) atoms. The van der Waals surface area contributed by atoms with E-state index in [4.69, 9.17) is 0 Å². The molecule has 1 aromatic carbocycles. The number of nitrogens with zero attached hydrogens (tertiary/aromatic N) is 1. The third-order valence-corrected chi connectivity index (χ3v) is 4.92. The third-order valence-electron chi connectivity index (χ3n) is 3.93. The first-order valence-electron chi connectivity index (χ1n) is 6.86. The number of rotatable bonds is 3. The van der Waals surface area contributed by atoms with Crippen molar-refractivity contribution in [3.63, 3.8) is 0 Å². The van der Waals surface area contributed by atoms with Crippen LogP contribution in [0, 0.1) is 0 Å². The number of nitrogens with one attached hydrogen (secondary N) is 1. The van der Waals surface area contributed by atoms with Crippen LogP contribution in [0.2, 0.25) is 0 Å². The van der Waals surface area contributed by atoms with E-state index in [0.29, 0.717) is 6.04 Å². The molecule has 3 rings (SSSR count). The van der Waals surface area contributed by atoms with Crippen molar-refractivity contribution in [2.45, 2.75) is 25.9 Å². The molecule has 2 nitrogen and oxygen atoms in total. The Labute approximate surface area is 119 Å². The topological polar surface area (TPSA) is 15.3 Å². The van der Waals surface area contributed by atoms with Crippen molar-refractivity contribution in [2.24, 2.45) is 0 Å². The van der Waals surface area contributed by atoms with Gasteiger partial charge in [-0.2, -0.15) is 0 Å². The van der Waals surface area contributed by atoms with E-state index < -0.39 is 0 Å². The third kappa shape index (κ3) is 2.40. The lowest BCUT2D eigenvalue weighted by Crippen LogP contribution is -2.33. The summed E-state index contributed by atoms with van der Waals surface area (Å²) in [5, 5.41) is 5.41. The van der Waals surface area contributed by atoms with Crippen molar-refractivity contribution in [1.29, 1.82) is 0 Å². The Morgan fingerprint density at radius 2 is 2.05 bits per heavy atom. The summed E-state index contributed by atoms with van der Waals surface area (Å²) >= 11 is 1.90. The molecule has 2 aromatic rings. The Balaban J connectivity index is 1.83. The van der Waals surface area contributed by atoms with E-state index in [-0.39, 0.29) is 0 Å². The van der Waals surface area contributed by atoms with E-state index in [2.05, 4.69) is 52.9 Å². The van der Waals surface area contributed by atoms with Crippen molar-refractivity contribution in [1.82, 2.24) is 5.32 Å². The molecule has 1 aromatic heterocycles. The van der Waals surface area contributed by atoms with Gasteiger partial charge in [-0.05, 0) is 55.1 Å². The second kappa shape index (κ2) is 5.35. The molecule has 0 saturated heterocycles. The van der Waals surface area contributed by atoms with Crippen LogP contribution in [-0.4, -0.2) is 13.6 Å².